The van der Waals surface area contributed by atoms with Gasteiger partial charge in [-0.3, -0.25) is 9.78 Å². The van der Waals surface area contributed by atoms with E-state index in [1.807, 2.05) is 0 Å². The molecule has 0 aliphatic carbocycles. The van der Waals surface area contributed by atoms with Gasteiger partial charge in [-0.2, -0.15) is 0 Å². The van der Waals surface area contributed by atoms with E-state index in [-0.39, 0.29) is 12.1 Å². The highest BCUT2D eigenvalue weighted by Gasteiger charge is 2.09. The monoisotopic (exact) mass is 195 g/mol. The molecule has 1 rings (SSSR count). The number of rotatable bonds is 4. The Morgan fingerprint density at radius 3 is 2.86 bits per heavy atom. The van der Waals surface area contributed by atoms with E-state index < -0.39 is 11.9 Å². The molecule has 14 heavy (non-hydrogen) atoms. The Balaban J connectivity index is 2.84. The number of carboxylic acid groups (broad SMARTS) is 1. The number of nitrogens with zero attached hydrogens (tertiary/aromatic N) is 1. The van der Waals surface area contributed by atoms with Crippen LogP contribution in [0.5, 0.6) is 0 Å². The Morgan fingerprint density at radius 1 is 1.57 bits per heavy atom. The molecule has 4 N–H and O–H groups in total. The predicted molar refractivity (Wildman–Crippen MR) is 48.9 cm³/mol. The summed E-state index contributed by atoms with van der Waals surface area (Å²) in [5, 5.41) is 11.3. The van der Waals surface area contributed by atoms with Gasteiger partial charge in [-0.1, -0.05) is 0 Å². The summed E-state index contributed by atoms with van der Waals surface area (Å²) in [5.74, 6) is -1.66. The molecule has 0 saturated heterocycles. The number of carbonyl (C=O) groups excluding carboxylic acids is 1. The van der Waals surface area contributed by atoms with Gasteiger partial charge >= 0.3 is 5.97 Å². The number of anilines is 1. The Bertz CT molecular complexity index is 365. The highest BCUT2D eigenvalue weighted by atomic mass is 16.4. The number of primary amides is 1. The van der Waals surface area contributed by atoms with Gasteiger partial charge < -0.3 is 16.2 Å². The van der Waals surface area contributed by atoms with Crippen LogP contribution in [0, 0.1) is 0 Å². The normalized spacial score (nSPS) is 9.43. The average Bonchev–Trinajstić information content (AvgIpc) is 2.15. The average molecular weight is 195 g/mol. The maximum atomic E-state index is 10.7. The first kappa shape index (κ1) is 9.97. The smallest absolute Gasteiger partial charge is 0.339 e. The lowest BCUT2D eigenvalue weighted by Gasteiger charge is -2.06. The number of amides is 1. The summed E-state index contributed by atoms with van der Waals surface area (Å²) in [6, 6.07) is 1.46. The van der Waals surface area contributed by atoms with E-state index in [9.17, 15) is 9.59 Å². The number of pyridine rings is 1. The Labute approximate surface area is 79.8 Å². The third kappa shape index (κ3) is 2.44. The highest BCUT2D eigenvalue weighted by molar-refractivity contribution is 5.94. The molecule has 6 nitrogen and oxygen atoms in total. The van der Waals surface area contributed by atoms with Crippen LogP contribution < -0.4 is 11.1 Å². The van der Waals surface area contributed by atoms with Gasteiger partial charge in [0.25, 0.3) is 0 Å². The van der Waals surface area contributed by atoms with Crippen molar-refractivity contribution in [3.05, 3.63) is 24.0 Å². The van der Waals surface area contributed by atoms with Crippen LogP contribution in [0.15, 0.2) is 18.5 Å². The van der Waals surface area contributed by atoms with Gasteiger partial charge in [-0.15, -0.1) is 0 Å². The maximum Gasteiger partial charge on any atom is 0.339 e. The second-order valence-electron chi connectivity index (χ2n) is 2.55. The first-order valence-electron chi connectivity index (χ1n) is 3.80. The highest BCUT2D eigenvalue weighted by Crippen LogP contribution is 2.12. The summed E-state index contributed by atoms with van der Waals surface area (Å²) >= 11 is 0. The maximum absolute atomic E-state index is 10.7. The topological polar surface area (TPSA) is 105 Å². The number of nitrogens with two attached hydrogens (primary N) is 1. The fourth-order valence-corrected chi connectivity index (χ4v) is 0.901. The van der Waals surface area contributed by atoms with Gasteiger partial charge in [0.15, 0.2) is 0 Å². The minimum absolute atomic E-state index is 0.00810. The number of carboxylic acids is 1. The van der Waals surface area contributed by atoms with Crippen LogP contribution in [0.4, 0.5) is 5.69 Å². The van der Waals surface area contributed by atoms with Crippen LogP contribution in [0.25, 0.3) is 0 Å². The molecule has 1 amide bonds. The van der Waals surface area contributed by atoms with Gasteiger partial charge in [0, 0.05) is 12.4 Å². The van der Waals surface area contributed by atoms with Crippen molar-refractivity contribution in [2.24, 2.45) is 5.73 Å². The zero-order valence-corrected chi connectivity index (χ0v) is 7.23. The van der Waals surface area contributed by atoms with Crippen LogP contribution in [-0.4, -0.2) is 28.5 Å². The van der Waals surface area contributed by atoms with Gasteiger partial charge in [-0.25, -0.2) is 4.79 Å². The lowest BCUT2D eigenvalue weighted by Crippen LogP contribution is -2.22. The lowest BCUT2D eigenvalue weighted by molar-refractivity contribution is -0.116. The number of nitrogens with one attached hydrogen (secondary N) is 1. The molecule has 0 fully saturated rings. The summed E-state index contributed by atoms with van der Waals surface area (Å²) in [6.07, 6.45) is 2.63. The van der Waals surface area contributed by atoms with Crippen LogP contribution in [0.1, 0.15) is 10.4 Å². The molecule has 0 radical (unpaired) electrons. The van der Waals surface area contributed by atoms with Crippen molar-refractivity contribution in [1.82, 2.24) is 4.98 Å². The van der Waals surface area contributed by atoms with Crippen LogP contribution >= 0.6 is 0 Å². The van der Waals surface area contributed by atoms with E-state index >= 15 is 0 Å². The number of carbonyl (C=O) groups is 2. The van der Waals surface area contributed by atoms with E-state index in [1.54, 1.807) is 0 Å². The van der Waals surface area contributed by atoms with Crippen LogP contribution in [0.2, 0.25) is 0 Å². The Kier molecular flexibility index (Phi) is 3.01. The largest absolute Gasteiger partial charge is 0.478 e. The summed E-state index contributed by atoms with van der Waals surface area (Å²) in [6.45, 7) is -0.107. The van der Waals surface area contributed by atoms with Gasteiger partial charge in [0.05, 0.1) is 12.2 Å². The summed E-state index contributed by atoms with van der Waals surface area (Å²) in [5.41, 5.74) is 5.24. The number of aromatic nitrogens is 1. The first-order chi connectivity index (χ1) is 6.61. The second kappa shape index (κ2) is 4.22. The molecule has 0 bridgehead atoms. The predicted octanol–water partition coefficient (Wildman–Crippen LogP) is -0.323. The standard InChI is InChI=1S/C8H9N3O3/c9-7(12)4-11-6-1-2-10-3-5(6)8(13)14/h1-3H,4H2,(H2,9,12)(H,10,11)(H,13,14). The van der Waals surface area contributed by atoms with E-state index in [2.05, 4.69) is 10.3 Å². The quantitative estimate of drug-likeness (QED) is 0.610. The zero-order chi connectivity index (χ0) is 10.6. The number of hydrogen-bond donors (Lipinski definition) is 3. The molecule has 1 aromatic heterocycles. The van der Waals surface area contributed by atoms with Crippen molar-refractivity contribution in [2.45, 2.75) is 0 Å². The molecular formula is C8H9N3O3. The first-order valence-corrected chi connectivity index (χ1v) is 3.80. The van der Waals surface area contributed by atoms with Crippen molar-refractivity contribution < 1.29 is 14.7 Å². The molecule has 0 aliphatic heterocycles. The fraction of sp³-hybridized carbons (Fsp3) is 0.125. The lowest BCUT2D eigenvalue weighted by atomic mass is 10.2. The number of hydrogen-bond acceptors (Lipinski definition) is 4. The van der Waals surface area contributed by atoms with Gasteiger partial charge in [0.2, 0.25) is 5.91 Å². The third-order valence-corrected chi connectivity index (χ3v) is 1.50. The molecule has 74 valence electrons. The molecule has 6 heteroatoms. The Hall–Kier alpha value is -2.11. The van der Waals surface area contributed by atoms with Crippen LogP contribution in [-0.2, 0) is 4.79 Å². The van der Waals surface area contributed by atoms with Crippen molar-refractivity contribution in [3.63, 3.8) is 0 Å². The molecule has 1 aromatic rings. The molecule has 0 unspecified atom stereocenters. The fourth-order valence-electron chi connectivity index (χ4n) is 0.901. The van der Waals surface area contributed by atoms with E-state index in [0.29, 0.717) is 5.69 Å². The summed E-state index contributed by atoms with van der Waals surface area (Å²) in [7, 11) is 0. The molecule has 0 spiro atoms. The van der Waals surface area contributed by atoms with E-state index in [1.165, 1.54) is 18.5 Å². The second-order valence-corrected chi connectivity index (χ2v) is 2.55. The molecule has 1 heterocycles. The van der Waals surface area contributed by atoms with Gasteiger partial charge in [0.1, 0.15) is 5.56 Å². The minimum Gasteiger partial charge on any atom is -0.478 e. The van der Waals surface area contributed by atoms with Crippen molar-refractivity contribution in [2.75, 3.05) is 11.9 Å². The van der Waals surface area contributed by atoms with Crippen LogP contribution in [0.3, 0.4) is 0 Å². The minimum atomic E-state index is -1.11. The van der Waals surface area contributed by atoms with E-state index in [0.717, 1.165) is 0 Å². The van der Waals surface area contributed by atoms with E-state index in [4.69, 9.17) is 10.8 Å². The molecule has 0 aliphatic rings. The summed E-state index contributed by atoms with van der Waals surface area (Å²) in [4.78, 5) is 24.8. The summed E-state index contributed by atoms with van der Waals surface area (Å²) < 4.78 is 0. The third-order valence-electron chi connectivity index (χ3n) is 1.50. The molecular weight excluding hydrogens is 186 g/mol. The van der Waals surface area contributed by atoms with Crippen molar-refractivity contribution in [3.8, 4) is 0 Å². The molecule has 0 aromatic carbocycles. The van der Waals surface area contributed by atoms with Gasteiger partial charge in [-0.05, 0) is 6.07 Å². The molecule has 0 atom stereocenters. The van der Waals surface area contributed by atoms with Crippen molar-refractivity contribution >= 4 is 17.6 Å². The Morgan fingerprint density at radius 2 is 2.29 bits per heavy atom. The molecule has 0 saturated carbocycles. The SMILES string of the molecule is NC(=O)CNc1ccncc1C(=O)O. The number of aromatic carboxylic acids is 1. The zero-order valence-electron chi connectivity index (χ0n) is 7.23. The van der Waals surface area contributed by atoms with Crippen molar-refractivity contribution in [1.29, 1.82) is 0 Å².